The predicted octanol–water partition coefficient (Wildman–Crippen LogP) is 0.929. The standard InChI is InChI=1S/C18H23N3O5/c1-3-14(21-9-5-8-15(21)22)18(25)20-13-7-4-6-12(10-13)17(24)19-11-16(23)26-2/h4,6-7,10,14H,3,5,8-9,11H2,1-2H3,(H,19,24)(H,20,25)/t14-/m0/s1. The number of carbonyl (C=O) groups excluding carboxylic acids is 4. The molecule has 1 aliphatic heterocycles. The summed E-state index contributed by atoms with van der Waals surface area (Å²) in [4.78, 5) is 49.2. The maximum Gasteiger partial charge on any atom is 0.325 e. The van der Waals surface area contributed by atoms with Crippen molar-refractivity contribution in [2.75, 3.05) is 25.5 Å². The van der Waals surface area contributed by atoms with Crippen molar-refractivity contribution < 1.29 is 23.9 Å². The van der Waals surface area contributed by atoms with Gasteiger partial charge in [0, 0.05) is 24.2 Å². The maximum absolute atomic E-state index is 12.5. The van der Waals surface area contributed by atoms with Crippen LogP contribution in [0.3, 0.4) is 0 Å². The molecule has 0 radical (unpaired) electrons. The first-order valence-electron chi connectivity index (χ1n) is 8.51. The third-order valence-electron chi connectivity index (χ3n) is 4.19. The summed E-state index contributed by atoms with van der Waals surface area (Å²) in [5, 5.41) is 5.19. The first-order valence-corrected chi connectivity index (χ1v) is 8.51. The average molecular weight is 361 g/mol. The number of hydrogen-bond donors (Lipinski definition) is 2. The molecule has 1 aliphatic rings. The molecule has 1 aromatic carbocycles. The third-order valence-corrected chi connectivity index (χ3v) is 4.19. The first-order chi connectivity index (χ1) is 12.5. The van der Waals surface area contributed by atoms with E-state index in [1.54, 1.807) is 23.1 Å². The average Bonchev–Trinajstić information content (AvgIpc) is 3.06. The van der Waals surface area contributed by atoms with Gasteiger partial charge in [-0.3, -0.25) is 19.2 Å². The minimum atomic E-state index is -0.552. The van der Waals surface area contributed by atoms with E-state index < -0.39 is 17.9 Å². The van der Waals surface area contributed by atoms with Crippen molar-refractivity contribution in [3.63, 3.8) is 0 Å². The summed E-state index contributed by atoms with van der Waals surface area (Å²) in [6.45, 7) is 2.20. The summed E-state index contributed by atoms with van der Waals surface area (Å²) < 4.78 is 4.47. The van der Waals surface area contributed by atoms with Crippen molar-refractivity contribution in [2.45, 2.75) is 32.2 Å². The van der Waals surface area contributed by atoms with E-state index in [0.29, 0.717) is 30.6 Å². The van der Waals surface area contributed by atoms with Crippen LogP contribution in [-0.2, 0) is 19.1 Å². The monoisotopic (exact) mass is 361 g/mol. The Morgan fingerprint density at radius 3 is 2.69 bits per heavy atom. The van der Waals surface area contributed by atoms with Gasteiger partial charge in [-0.05, 0) is 31.0 Å². The van der Waals surface area contributed by atoms with Crippen LogP contribution in [0.5, 0.6) is 0 Å². The molecule has 140 valence electrons. The zero-order valence-corrected chi connectivity index (χ0v) is 14.9. The molecule has 1 saturated heterocycles. The van der Waals surface area contributed by atoms with E-state index in [4.69, 9.17) is 0 Å². The van der Waals surface area contributed by atoms with Gasteiger partial charge in [-0.1, -0.05) is 13.0 Å². The maximum atomic E-state index is 12.5. The van der Waals surface area contributed by atoms with E-state index in [9.17, 15) is 19.2 Å². The van der Waals surface area contributed by atoms with Crippen LogP contribution in [0.1, 0.15) is 36.5 Å². The van der Waals surface area contributed by atoms with Crippen LogP contribution in [-0.4, -0.2) is 54.8 Å². The van der Waals surface area contributed by atoms with Gasteiger partial charge < -0.3 is 20.3 Å². The molecule has 2 rings (SSSR count). The lowest BCUT2D eigenvalue weighted by atomic mass is 10.1. The molecule has 1 heterocycles. The molecule has 8 heteroatoms. The van der Waals surface area contributed by atoms with Crippen LogP contribution in [0.2, 0.25) is 0 Å². The molecule has 2 N–H and O–H groups in total. The highest BCUT2D eigenvalue weighted by Crippen LogP contribution is 2.18. The van der Waals surface area contributed by atoms with Gasteiger partial charge in [0.2, 0.25) is 11.8 Å². The third kappa shape index (κ3) is 4.81. The number of nitrogens with zero attached hydrogens (tertiary/aromatic N) is 1. The van der Waals surface area contributed by atoms with Crippen LogP contribution in [0.15, 0.2) is 24.3 Å². The van der Waals surface area contributed by atoms with E-state index in [1.807, 2.05) is 6.92 Å². The second kappa shape index (κ2) is 8.98. The van der Waals surface area contributed by atoms with Crippen LogP contribution < -0.4 is 10.6 Å². The number of benzene rings is 1. The van der Waals surface area contributed by atoms with E-state index in [0.717, 1.165) is 6.42 Å². The van der Waals surface area contributed by atoms with Crippen LogP contribution in [0, 0.1) is 0 Å². The molecule has 0 unspecified atom stereocenters. The second-order valence-corrected chi connectivity index (χ2v) is 5.94. The van der Waals surface area contributed by atoms with Crippen LogP contribution in [0.25, 0.3) is 0 Å². The molecular weight excluding hydrogens is 338 g/mol. The van der Waals surface area contributed by atoms with Crippen molar-refractivity contribution in [3.8, 4) is 0 Å². The van der Waals surface area contributed by atoms with E-state index in [2.05, 4.69) is 15.4 Å². The summed E-state index contributed by atoms with van der Waals surface area (Å²) in [6.07, 6.45) is 1.75. The Labute approximate surface area is 151 Å². The molecule has 0 aromatic heterocycles. The molecule has 3 amide bonds. The summed E-state index contributed by atoms with van der Waals surface area (Å²) in [6, 6.07) is 5.85. The number of likely N-dealkylation sites (tertiary alicyclic amines) is 1. The smallest absolute Gasteiger partial charge is 0.325 e. The fourth-order valence-corrected chi connectivity index (χ4v) is 2.84. The predicted molar refractivity (Wildman–Crippen MR) is 94.4 cm³/mol. The molecular formula is C18H23N3O5. The van der Waals surface area contributed by atoms with Gasteiger partial charge in [0.15, 0.2) is 0 Å². The number of ether oxygens (including phenoxy) is 1. The van der Waals surface area contributed by atoms with Crippen molar-refractivity contribution in [2.24, 2.45) is 0 Å². The van der Waals surface area contributed by atoms with E-state index >= 15 is 0 Å². The molecule has 1 atom stereocenters. The van der Waals surface area contributed by atoms with Crippen LogP contribution >= 0.6 is 0 Å². The summed E-state index contributed by atoms with van der Waals surface area (Å²) in [5.41, 5.74) is 0.753. The van der Waals surface area contributed by atoms with E-state index in [-0.39, 0.29) is 18.4 Å². The van der Waals surface area contributed by atoms with Gasteiger partial charge in [0.1, 0.15) is 12.6 Å². The highest BCUT2D eigenvalue weighted by atomic mass is 16.5. The minimum absolute atomic E-state index is 0.0112. The highest BCUT2D eigenvalue weighted by Gasteiger charge is 2.31. The normalized spacial score (nSPS) is 14.7. The highest BCUT2D eigenvalue weighted by molar-refractivity contribution is 6.00. The lowest BCUT2D eigenvalue weighted by Crippen LogP contribution is -2.44. The Balaban J connectivity index is 2.02. The Morgan fingerprint density at radius 2 is 2.08 bits per heavy atom. The van der Waals surface area contributed by atoms with Gasteiger partial charge in [-0.25, -0.2) is 0 Å². The zero-order chi connectivity index (χ0) is 19.1. The fourth-order valence-electron chi connectivity index (χ4n) is 2.84. The van der Waals surface area contributed by atoms with Gasteiger partial charge in [-0.15, -0.1) is 0 Å². The Kier molecular flexibility index (Phi) is 6.71. The van der Waals surface area contributed by atoms with Crippen molar-refractivity contribution in [1.82, 2.24) is 10.2 Å². The topological polar surface area (TPSA) is 105 Å². The molecule has 8 nitrogen and oxygen atoms in total. The summed E-state index contributed by atoms with van der Waals surface area (Å²) in [5.74, 6) is -1.30. The number of methoxy groups -OCH3 is 1. The Morgan fingerprint density at radius 1 is 1.31 bits per heavy atom. The zero-order valence-electron chi connectivity index (χ0n) is 14.9. The van der Waals surface area contributed by atoms with Crippen molar-refractivity contribution in [1.29, 1.82) is 0 Å². The van der Waals surface area contributed by atoms with Crippen LogP contribution in [0.4, 0.5) is 5.69 Å². The largest absolute Gasteiger partial charge is 0.468 e. The quantitative estimate of drug-likeness (QED) is 0.703. The molecule has 0 saturated carbocycles. The number of anilines is 1. The van der Waals surface area contributed by atoms with Crippen molar-refractivity contribution in [3.05, 3.63) is 29.8 Å². The number of carbonyl (C=O) groups is 4. The SMILES string of the molecule is CC[C@@H](C(=O)Nc1cccc(C(=O)NCC(=O)OC)c1)N1CCCC1=O. The first kappa shape index (κ1) is 19.4. The van der Waals surface area contributed by atoms with E-state index in [1.165, 1.54) is 13.2 Å². The summed E-state index contributed by atoms with van der Waals surface area (Å²) in [7, 11) is 1.24. The van der Waals surface area contributed by atoms with Gasteiger partial charge in [0.25, 0.3) is 5.91 Å². The Bertz CT molecular complexity index is 704. The molecule has 0 bridgehead atoms. The second-order valence-electron chi connectivity index (χ2n) is 5.94. The molecule has 0 aliphatic carbocycles. The Hall–Kier alpha value is -2.90. The van der Waals surface area contributed by atoms with Gasteiger partial charge >= 0.3 is 5.97 Å². The number of hydrogen-bond acceptors (Lipinski definition) is 5. The number of nitrogens with one attached hydrogen (secondary N) is 2. The summed E-state index contributed by atoms with van der Waals surface area (Å²) >= 11 is 0. The number of amides is 3. The minimum Gasteiger partial charge on any atom is -0.468 e. The lowest BCUT2D eigenvalue weighted by molar-refractivity contribution is -0.139. The number of esters is 1. The lowest BCUT2D eigenvalue weighted by Gasteiger charge is -2.25. The van der Waals surface area contributed by atoms with Gasteiger partial charge in [-0.2, -0.15) is 0 Å². The molecule has 26 heavy (non-hydrogen) atoms. The molecule has 1 fully saturated rings. The van der Waals surface area contributed by atoms with Gasteiger partial charge in [0.05, 0.1) is 7.11 Å². The molecule has 1 aromatic rings. The van der Waals surface area contributed by atoms with Crippen molar-refractivity contribution >= 4 is 29.4 Å². The molecule has 0 spiro atoms. The number of rotatable bonds is 7. The fraction of sp³-hybridized carbons (Fsp3) is 0.444.